The number of carboxylic acids is 1. The summed E-state index contributed by atoms with van der Waals surface area (Å²) in [6.07, 6.45) is 2.42. The minimum absolute atomic E-state index is 0.143. The number of carboxylic acid groups (broad SMARTS) is 1. The van der Waals surface area contributed by atoms with Crippen molar-refractivity contribution in [2.75, 3.05) is 11.9 Å². The maximum absolute atomic E-state index is 11.7. The number of rotatable bonds is 6. The van der Waals surface area contributed by atoms with Gasteiger partial charge < -0.3 is 20.9 Å². The molecule has 0 heterocycles. The van der Waals surface area contributed by atoms with E-state index in [1.165, 1.54) is 6.08 Å². The molecule has 0 saturated carbocycles. The van der Waals surface area contributed by atoms with Gasteiger partial charge in [0.25, 0.3) is 5.91 Å². The van der Waals surface area contributed by atoms with E-state index in [0.717, 1.165) is 6.08 Å². The molecule has 0 bridgehead atoms. The molecule has 0 aliphatic heterocycles. The third-order valence-electron chi connectivity index (χ3n) is 2.42. The first kappa shape index (κ1) is 16.4. The molecule has 1 aromatic rings. The Morgan fingerprint density at radius 3 is 2.48 bits per heavy atom. The molecular weight excluding hydrogens is 276 g/mol. The normalized spacial score (nSPS) is 11.9. The fourth-order valence-electron chi connectivity index (χ4n) is 1.40. The van der Waals surface area contributed by atoms with Crippen LogP contribution in [0.1, 0.15) is 12.5 Å². The number of anilines is 1. The standard InChI is InChI=1S/C14H16N2O5/c1-2-21-14(20)12(15)13(19)16-10-6-3-9(4-7-10)5-8-11(17)18/h3-8,12H,2,15H2,1H3,(H,16,19)(H,17,18)/b8-5+. The van der Waals surface area contributed by atoms with Crippen molar-refractivity contribution in [3.8, 4) is 0 Å². The maximum atomic E-state index is 11.7. The van der Waals surface area contributed by atoms with E-state index in [0.29, 0.717) is 11.3 Å². The Kier molecular flexibility index (Phi) is 6.09. The van der Waals surface area contributed by atoms with Gasteiger partial charge in [-0.3, -0.25) is 4.79 Å². The lowest BCUT2D eigenvalue weighted by Crippen LogP contribution is -2.43. The summed E-state index contributed by atoms with van der Waals surface area (Å²) in [5.74, 6) is -2.52. The first-order chi connectivity index (χ1) is 9.93. The summed E-state index contributed by atoms with van der Waals surface area (Å²) in [5, 5.41) is 11.0. The van der Waals surface area contributed by atoms with Crippen LogP contribution in [0.25, 0.3) is 6.08 Å². The molecule has 0 aliphatic rings. The van der Waals surface area contributed by atoms with Crippen LogP contribution in [0.3, 0.4) is 0 Å². The highest BCUT2D eigenvalue weighted by atomic mass is 16.5. The van der Waals surface area contributed by atoms with Crippen molar-refractivity contribution in [2.45, 2.75) is 13.0 Å². The predicted molar refractivity (Wildman–Crippen MR) is 76.3 cm³/mol. The van der Waals surface area contributed by atoms with Crippen molar-refractivity contribution in [1.29, 1.82) is 0 Å². The van der Waals surface area contributed by atoms with Gasteiger partial charge in [-0.2, -0.15) is 0 Å². The molecule has 0 fully saturated rings. The Bertz CT molecular complexity index is 551. The molecule has 0 saturated heterocycles. The average molecular weight is 292 g/mol. The largest absolute Gasteiger partial charge is 0.478 e. The van der Waals surface area contributed by atoms with Gasteiger partial charge >= 0.3 is 11.9 Å². The highest BCUT2D eigenvalue weighted by molar-refractivity contribution is 6.08. The van der Waals surface area contributed by atoms with Crippen LogP contribution in [-0.2, 0) is 19.1 Å². The second-order valence-electron chi connectivity index (χ2n) is 4.01. The molecule has 1 atom stereocenters. The van der Waals surface area contributed by atoms with Crippen LogP contribution >= 0.6 is 0 Å². The molecule has 1 unspecified atom stereocenters. The van der Waals surface area contributed by atoms with E-state index in [-0.39, 0.29) is 6.61 Å². The van der Waals surface area contributed by atoms with Gasteiger partial charge in [-0.05, 0) is 30.7 Å². The first-order valence-electron chi connectivity index (χ1n) is 6.18. The monoisotopic (exact) mass is 292 g/mol. The molecule has 21 heavy (non-hydrogen) atoms. The number of amides is 1. The lowest BCUT2D eigenvalue weighted by atomic mass is 10.2. The third-order valence-corrected chi connectivity index (χ3v) is 2.42. The van der Waals surface area contributed by atoms with Gasteiger partial charge in [0, 0.05) is 11.8 Å². The molecule has 0 spiro atoms. The van der Waals surface area contributed by atoms with E-state index in [4.69, 9.17) is 10.8 Å². The summed E-state index contributed by atoms with van der Waals surface area (Å²) < 4.78 is 4.65. The number of nitrogens with two attached hydrogens (primary N) is 1. The number of carbonyl (C=O) groups is 3. The Morgan fingerprint density at radius 1 is 1.33 bits per heavy atom. The summed E-state index contributed by atoms with van der Waals surface area (Å²) in [4.78, 5) is 33.4. The number of aliphatic carboxylic acids is 1. The number of hydrogen-bond donors (Lipinski definition) is 3. The molecule has 0 aromatic heterocycles. The highest BCUT2D eigenvalue weighted by Crippen LogP contribution is 2.11. The van der Waals surface area contributed by atoms with Gasteiger partial charge in [-0.1, -0.05) is 12.1 Å². The van der Waals surface area contributed by atoms with Crippen LogP contribution in [0.4, 0.5) is 5.69 Å². The number of carbonyl (C=O) groups excluding carboxylic acids is 2. The molecule has 1 amide bonds. The number of esters is 1. The Labute approximate surface area is 121 Å². The number of nitrogens with one attached hydrogen (secondary N) is 1. The van der Waals surface area contributed by atoms with Gasteiger partial charge in [0.15, 0.2) is 6.04 Å². The lowest BCUT2D eigenvalue weighted by Gasteiger charge is -2.11. The third kappa shape index (κ3) is 5.45. The molecule has 1 rings (SSSR count). The number of ether oxygens (including phenoxy) is 1. The van der Waals surface area contributed by atoms with E-state index in [2.05, 4.69) is 10.1 Å². The molecule has 1 aromatic carbocycles. The van der Waals surface area contributed by atoms with Crippen LogP contribution in [0.5, 0.6) is 0 Å². The van der Waals surface area contributed by atoms with Crippen LogP contribution < -0.4 is 11.1 Å². The smallest absolute Gasteiger partial charge is 0.332 e. The lowest BCUT2D eigenvalue weighted by molar-refractivity contribution is -0.147. The van der Waals surface area contributed by atoms with E-state index in [9.17, 15) is 14.4 Å². The Morgan fingerprint density at radius 2 is 1.95 bits per heavy atom. The van der Waals surface area contributed by atoms with Crippen molar-refractivity contribution in [2.24, 2.45) is 5.73 Å². The number of hydrogen-bond acceptors (Lipinski definition) is 5. The molecule has 7 nitrogen and oxygen atoms in total. The van der Waals surface area contributed by atoms with E-state index < -0.39 is 23.9 Å². The first-order valence-corrected chi connectivity index (χ1v) is 6.18. The minimum Gasteiger partial charge on any atom is -0.478 e. The van der Waals surface area contributed by atoms with Gasteiger partial charge in [0.05, 0.1) is 6.61 Å². The van der Waals surface area contributed by atoms with E-state index in [1.807, 2.05) is 0 Å². The fourth-order valence-corrected chi connectivity index (χ4v) is 1.40. The zero-order chi connectivity index (χ0) is 15.8. The van der Waals surface area contributed by atoms with Gasteiger partial charge in [0.2, 0.25) is 0 Å². The van der Waals surface area contributed by atoms with Gasteiger partial charge in [-0.15, -0.1) is 0 Å². The second kappa shape index (κ2) is 7.81. The maximum Gasteiger partial charge on any atom is 0.332 e. The van der Waals surface area contributed by atoms with Crippen LogP contribution in [0, 0.1) is 0 Å². The minimum atomic E-state index is -1.39. The summed E-state index contributed by atoms with van der Waals surface area (Å²) in [6.45, 7) is 1.76. The molecule has 7 heteroatoms. The highest BCUT2D eigenvalue weighted by Gasteiger charge is 2.23. The van der Waals surface area contributed by atoms with Crippen molar-refractivity contribution < 1.29 is 24.2 Å². The van der Waals surface area contributed by atoms with Crippen molar-refractivity contribution in [3.63, 3.8) is 0 Å². The Balaban J connectivity index is 2.65. The van der Waals surface area contributed by atoms with Crippen LogP contribution in [0.2, 0.25) is 0 Å². The molecule has 0 radical (unpaired) electrons. The summed E-state index contributed by atoms with van der Waals surface area (Å²) >= 11 is 0. The molecular formula is C14H16N2O5. The van der Waals surface area contributed by atoms with Gasteiger partial charge in [0.1, 0.15) is 0 Å². The molecule has 112 valence electrons. The van der Waals surface area contributed by atoms with E-state index >= 15 is 0 Å². The number of benzene rings is 1. The van der Waals surface area contributed by atoms with Gasteiger partial charge in [-0.25, -0.2) is 9.59 Å². The van der Waals surface area contributed by atoms with E-state index in [1.54, 1.807) is 31.2 Å². The fraction of sp³-hybridized carbons (Fsp3) is 0.214. The summed E-state index contributed by atoms with van der Waals surface area (Å²) in [7, 11) is 0. The van der Waals surface area contributed by atoms with Crippen molar-refractivity contribution >= 4 is 29.6 Å². The summed E-state index contributed by atoms with van der Waals surface area (Å²) in [6, 6.07) is 4.97. The topological polar surface area (TPSA) is 119 Å². The zero-order valence-electron chi connectivity index (χ0n) is 11.4. The SMILES string of the molecule is CCOC(=O)C(N)C(=O)Nc1ccc(/C=C/C(=O)O)cc1. The Hall–Kier alpha value is -2.67. The average Bonchev–Trinajstić information content (AvgIpc) is 2.45. The van der Waals surface area contributed by atoms with Crippen molar-refractivity contribution in [3.05, 3.63) is 35.9 Å². The molecule has 4 N–H and O–H groups in total. The van der Waals surface area contributed by atoms with Crippen LogP contribution in [-0.4, -0.2) is 35.6 Å². The quantitative estimate of drug-likeness (QED) is 0.401. The second-order valence-corrected chi connectivity index (χ2v) is 4.01. The zero-order valence-corrected chi connectivity index (χ0v) is 11.4. The summed E-state index contributed by atoms with van der Waals surface area (Å²) in [5.41, 5.74) is 6.54. The van der Waals surface area contributed by atoms with Crippen molar-refractivity contribution in [1.82, 2.24) is 0 Å². The predicted octanol–water partition coefficient (Wildman–Crippen LogP) is 0.613. The van der Waals surface area contributed by atoms with Crippen LogP contribution in [0.15, 0.2) is 30.3 Å². The molecule has 0 aliphatic carbocycles.